The summed E-state index contributed by atoms with van der Waals surface area (Å²) >= 11 is 0. The average molecular weight is 463 g/mol. The van der Waals surface area contributed by atoms with E-state index in [4.69, 9.17) is 9.47 Å². The number of aromatic nitrogens is 2. The number of amides is 1. The van der Waals surface area contributed by atoms with Gasteiger partial charge in [0.25, 0.3) is 5.91 Å². The minimum absolute atomic E-state index is 0.0338. The maximum Gasteiger partial charge on any atom is 0.258 e. The number of benzene rings is 1. The molecule has 0 aliphatic carbocycles. The lowest BCUT2D eigenvalue weighted by atomic mass is 10.1. The minimum Gasteiger partial charge on any atom is -0.497 e. The zero-order valence-corrected chi connectivity index (χ0v) is 20.7. The van der Waals surface area contributed by atoms with E-state index in [2.05, 4.69) is 42.6 Å². The summed E-state index contributed by atoms with van der Waals surface area (Å²) in [5, 5.41) is 0. The Morgan fingerprint density at radius 2 is 1.88 bits per heavy atom. The number of carbonyl (C=O) groups is 1. The molecule has 0 radical (unpaired) electrons. The molecule has 3 heterocycles. The summed E-state index contributed by atoms with van der Waals surface area (Å²) in [6, 6.07) is 13.6. The molecule has 0 bridgehead atoms. The number of carbonyl (C=O) groups excluding carboxylic acids is 1. The molecule has 1 aliphatic rings. The summed E-state index contributed by atoms with van der Waals surface area (Å²) in [7, 11) is 1.62. The van der Waals surface area contributed by atoms with E-state index in [1.54, 1.807) is 48.8 Å². The van der Waals surface area contributed by atoms with Crippen LogP contribution < -0.4 is 14.4 Å². The van der Waals surface area contributed by atoms with Crippen LogP contribution in [0.2, 0.25) is 0 Å². The monoisotopic (exact) mass is 462 g/mol. The van der Waals surface area contributed by atoms with Crippen LogP contribution in [-0.4, -0.2) is 47.0 Å². The minimum atomic E-state index is -0.0338. The summed E-state index contributed by atoms with van der Waals surface area (Å²) in [6.45, 7) is 12.1. The summed E-state index contributed by atoms with van der Waals surface area (Å²) in [5.41, 5.74) is 3.35. The Hall–Kier alpha value is -3.45. The third kappa shape index (κ3) is 6.32. The molecular weight excluding hydrogens is 428 g/mol. The lowest BCUT2D eigenvalue weighted by Gasteiger charge is -2.21. The molecule has 3 aromatic rings. The Kier molecular flexibility index (Phi) is 8.99. The van der Waals surface area contributed by atoms with Gasteiger partial charge in [0.15, 0.2) is 0 Å². The molecule has 34 heavy (non-hydrogen) atoms. The maximum absolute atomic E-state index is 12.6. The Morgan fingerprint density at radius 3 is 2.44 bits per heavy atom. The fourth-order valence-corrected chi connectivity index (χ4v) is 3.84. The third-order valence-corrected chi connectivity index (χ3v) is 5.80. The molecule has 1 amide bonds. The number of methoxy groups -OCH3 is 1. The van der Waals surface area contributed by atoms with Crippen molar-refractivity contribution in [2.24, 2.45) is 0 Å². The molecule has 0 atom stereocenters. The first-order valence-corrected chi connectivity index (χ1v) is 11.7. The Balaban J connectivity index is 0.000000350. The highest BCUT2D eigenvalue weighted by atomic mass is 16.5. The molecule has 2 aromatic heterocycles. The number of fused-ring (bicyclic) bond motifs is 1. The number of hydrogen-bond donors (Lipinski definition) is 0. The number of ether oxygens (including phenoxy) is 2. The molecule has 1 aromatic carbocycles. The van der Waals surface area contributed by atoms with Crippen LogP contribution in [0, 0.1) is 0 Å². The lowest BCUT2D eigenvalue weighted by Crippen LogP contribution is -2.29. The predicted molar refractivity (Wildman–Crippen MR) is 134 cm³/mol. The van der Waals surface area contributed by atoms with Crippen LogP contribution >= 0.6 is 0 Å². The SMILES string of the molecule is CCN(CC)C(C)C.COc1ccc2c(c1)CN(c1ccc(OCc3cccnc3)nc1)C2=O. The molecule has 7 nitrogen and oxygen atoms in total. The molecule has 180 valence electrons. The van der Waals surface area contributed by atoms with Crippen molar-refractivity contribution in [3.05, 3.63) is 77.7 Å². The normalized spacial score (nSPS) is 12.4. The Bertz CT molecular complexity index is 1050. The molecule has 0 fully saturated rings. The molecule has 0 spiro atoms. The summed E-state index contributed by atoms with van der Waals surface area (Å²) < 4.78 is 10.9. The highest BCUT2D eigenvalue weighted by molar-refractivity contribution is 6.10. The quantitative estimate of drug-likeness (QED) is 0.471. The molecule has 0 saturated carbocycles. The molecule has 7 heteroatoms. The predicted octanol–water partition coefficient (Wildman–Crippen LogP) is 4.96. The maximum atomic E-state index is 12.6. The lowest BCUT2D eigenvalue weighted by molar-refractivity contribution is 0.0996. The first-order valence-electron chi connectivity index (χ1n) is 11.7. The van der Waals surface area contributed by atoms with Crippen LogP contribution in [0.15, 0.2) is 61.1 Å². The van der Waals surface area contributed by atoms with Crippen molar-refractivity contribution in [3.8, 4) is 11.6 Å². The number of anilines is 1. The van der Waals surface area contributed by atoms with Gasteiger partial charge in [-0.1, -0.05) is 19.9 Å². The van der Waals surface area contributed by atoms with Gasteiger partial charge < -0.3 is 19.3 Å². The highest BCUT2D eigenvalue weighted by Gasteiger charge is 2.29. The van der Waals surface area contributed by atoms with E-state index in [-0.39, 0.29) is 5.91 Å². The largest absolute Gasteiger partial charge is 0.497 e. The molecule has 1 aliphatic heterocycles. The zero-order valence-electron chi connectivity index (χ0n) is 20.7. The van der Waals surface area contributed by atoms with Crippen molar-refractivity contribution in [1.82, 2.24) is 14.9 Å². The van der Waals surface area contributed by atoms with Crippen LogP contribution in [0.1, 0.15) is 49.2 Å². The van der Waals surface area contributed by atoms with Crippen LogP contribution in [0.25, 0.3) is 0 Å². The van der Waals surface area contributed by atoms with E-state index in [9.17, 15) is 4.79 Å². The molecule has 0 N–H and O–H groups in total. The van der Waals surface area contributed by atoms with Crippen LogP contribution in [0.5, 0.6) is 11.6 Å². The van der Waals surface area contributed by atoms with Gasteiger partial charge in [0, 0.05) is 35.6 Å². The first-order chi connectivity index (χ1) is 16.5. The number of pyridine rings is 2. The van der Waals surface area contributed by atoms with Gasteiger partial charge >= 0.3 is 0 Å². The fraction of sp³-hybridized carbons (Fsp3) is 0.370. The van der Waals surface area contributed by atoms with E-state index in [0.717, 1.165) is 22.6 Å². The van der Waals surface area contributed by atoms with Crippen molar-refractivity contribution in [2.75, 3.05) is 25.1 Å². The molecule has 0 unspecified atom stereocenters. The second-order valence-corrected chi connectivity index (χ2v) is 8.23. The third-order valence-electron chi connectivity index (χ3n) is 5.80. The van der Waals surface area contributed by atoms with Crippen molar-refractivity contribution >= 4 is 11.6 Å². The molecular formula is C27H34N4O3. The van der Waals surface area contributed by atoms with Gasteiger partial charge in [-0.25, -0.2) is 4.98 Å². The van der Waals surface area contributed by atoms with E-state index < -0.39 is 0 Å². The second kappa shape index (κ2) is 12.1. The van der Waals surface area contributed by atoms with Crippen molar-refractivity contribution in [2.45, 2.75) is 46.9 Å². The summed E-state index contributed by atoms with van der Waals surface area (Å²) in [5.74, 6) is 1.22. The van der Waals surface area contributed by atoms with Crippen LogP contribution in [-0.2, 0) is 13.2 Å². The average Bonchev–Trinajstić information content (AvgIpc) is 3.20. The molecule has 4 rings (SSSR count). The van der Waals surface area contributed by atoms with Crippen LogP contribution in [0.4, 0.5) is 5.69 Å². The molecule has 0 saturated heterocycles. The van der Waals surface area contributed by atoms with Gasteiger partial charge in [-0.3, -0.25) is 9.78 Å². The summed E-state index contributed by atoms with van der Waals surface area (Å²) in [4.78, 5) is 25.1. The topological polar surface area (TPSA) is 67.8 Å². The van der Waals surface area contributed by atoms with Gasteiger partial charge in [-0.2, -0.15) is 0 Å². The van der Waals surface area contributed by atoms with Gasteiger partial charge in [0.05, 0.1) is 25.5 Å². The summed E-state index contributed by atoms with van der Waals surface area (Å²) in [6.07, 6.45) is 5.12. The number of nitrogens with zero attached hydrogens (tertiary/aromatic N) is 4. The van der Waals surface area contributed by atoms with Crippen LogP contribution in [0.3, 0.4) is 0 Å². The smallest absolute Gasteiger partial charge is 0.258 e. The van der Waals surface area contributed by atoms with E-state index in [1.807, 2.05) is 24.3 Å². The van der Waals surface area contributed by atoms with Gasteiger partial charge in [-0.05, 0) is 62.8 Å². The van der Waals surface area contributed by atoms with Crippen molar-refractivity contribution in [3.63, 3.8) is 0 Å². The Labute approximate surface area is 202 Å². The fourth-order valence-electron chi connectivity index (χ4n) is 3.84. The van der Waals surface area contributed by atoms with E-state index in [1.165, 1.54) is 13.1 Å². The first kappa shape index (κ1) is 25.2. The second-order valence-electron chi connectivity index (χ2n) is 8.23. The number of rotatable bonds is 8. The highest BCUT2D eigenvalue weighted by Crippen LogP contribution is 2.30. The zero-order chi connectivity index (χ0) is 24.5. The van der Waals surface area contributed by atoms with Gasteiger partial charge in [0.1, 0.15) is 12.4 Å². The van der Waals surface area contributed by atoms with Crippen molar-refractivity contribution < 1.29 is 14.3 Å². The number of hydrogen-bond acceptors (Lipinski definition) is 6. The van der Waals surface area contributed by atoms with E-state index in [0.29, 0.717) is 30.6 Å². The van der Waals surface area contributed by atoms with Gasteiger partial charge in [-0.15, -0.1) is 0 Å². The van der Waals surface area contributed by atoms with Gasteiger partial charge in [0.2, 0.25) is 5.88 Å². The Morgan fingerprint density at radius 1 is 1.09 bits per heavy atom. The standard InChI is InChI=1S/C20H17N3O3.C7H17N/c1-25-17-5-6-18-15(9-17)12-23(20(18)24)16-4-7-19(22-11-16)26-13-14-3-2-8-21-10-14;1-5-8(6-2)7(3)4/h2-11H,12-13H2,1H3;7H,5-6H2,1-4H3. The van der Waals surface area contributed by atoms with Crippen molar-refractivity contribution in [1.29, 1.82) is 0 Å². The van der Waals surface area contributed by atoms with E-state index >= 15 is 0 Å².